The highest BCUT2D eigenvalue weighted by atomic mass is 15.1. The number of likely N-dealkylation sites (N-methyl/N-ethyl adjacent to an activating group) is 1. The summed E-state index contributed by atoms with van der Waals surface area (Å²) in [5, 5.41) is 3.72. The van der Waals surface area contributed by atoms with Gasteiger partial charge in [-0.05, 0) is 37.1 Å². The van der Waals surface area contributed by atoms with Gasteiger partial charge >= 0.3 is 0 Å². The van der Waals surface area contributed by atoms with Gasteiger partial charge in [-0.2, -0.15) is 0 Å². The molecule has 3 unspecified atom stereocenters. The molecule has 1 aromatic heterocycles. The van der Waals surface area contributed by atoms with Gasteiger partial charge in [0.1, 0.15) is 5.82 Å². The van der Waals surface area contributed by atoms with Crippen LogP contribution >= 0.6 is 0 Å². The average molecular weight is 291 g/mol. The summed E-state index contributed by atoms with van der Waals surface area (Å²) in [5.41, 5.74) is 0.447. The van der Waals surface area contributed by atoms with Crippen molar-refractivity contribution in [1.29, 1.82) is 0 Å². The van der Waals surface area contributed by atoms with Crippen LogP contribution in [0.5, 0.6) is 0 Å². The zero-order chi connectivity index (χ0) is 15.5. The summed E-state index contributed by atoms with van der Waals surface area (Å²) in [6.45, 7) is 12.7. The van der Waals surface area contributed by atoms with Gasteiger partial charge in [-0.1, -0.05) is 41.0 Å². The lowest BCUT2D eigenvalue weighted by molar-refractivity contribution is 0.100. The molecular formula is C18H33N3. The maximum Gasteiger partial charge on any atom is 0.108 e. The minimum Gasteiger partial charge on any atom is -0.330 e. The number of rotatable bonds is 6. The Morgan fingerprint density at radius 2 is 2.05 bits per heavy atom. The third-order valence-electron chi connectivity index (χ3n) is 5.72. The van der Waals surface area contributed by atoms with E-state index in [0.29, 0.717) is 17.5 Å². The van der Waals surface area contributed by atoms with Crippen molar-refractivity contribution >= 4 is 0 Å². The highest BCUT2D eigenvalue weighted by Gasteiger charge is 2.38. The molecule has 0 radical (unpaired) electrons. The Morgan fingerprint density at radius 1 is 1.29 bits per heavy atom. The van der Waals surface area contributed by atoms with Crippen LogP contribution in [0.1, 0.15) is 72.2 Å². The molecule has 0 saturated heterocycles. The molecule has 3 atom stereocenters. The summed E-state index contributed by atoms with van der Waals surface area (Å²) in [4.78, 5) is 4.55. The van der Waals surface area contributed by atoms with Crippen molar-refractivity contribution in [3.05, 3.63) is 18.2 Å². The molecule has 3 heteroatoms. The predicted molar refractivity (Wildman–Crippen MR) is 89.5 cm³/mol. The first kappa shape index (κ1) is 16.5. The van der Waals surface area contributed by atoms with Crippen molar-refractivity contribution in [2.24, 2.45) is 11.3 Å². The van der Waals surface area contributed by atoms with E-state index in [4.69, 9.17) is 0 Å². The molecule has 120 valence electrons. The van der Waals surface area contributed by atoms with E-state index in [1.165, 1.54) is 31.5 Å². The van der Waals surface area contributed by atoms with Gasteiger partial charge in [0.05, 0.1) is 6.04 Å². The quantitative estimate of drug-likeness (QED) is 0.851. The summed E-state index contributed by atoms with van der Waals surface area (Å²) in [6.07, 6.45) is 10.4. The third-order valence-corrected chi connectivity index (χ3v) is 5.72. The molecule has 0 spiro atoms. The van der Waals surface area contributed by atoms with Gasteiger partial charge < -0.3 is 9.88 Å². The van der Waals surface area contributed by atoms with Gasteiger partial charge in [0.15, 0.2) is 0 Å². The van der Waals surface area contributed by atoms with Crippen LogP contribution in [0.3, 0.4) is 0 Å². The molecule has 1 saturated carbocycles. The van der Waals surface area contributed by atoms with Crippen LogP contribution in [0.2, 0.25) is 0 Å². The summed E-state index contributed by atoms with van der Waals surface area (Å²) >= 11 is 0. The van der Waals surface area contributed by atoms with Crippen LogP contribution in [-0.2, 0) is 6.42 Å². The van der Waals surface area contributed by atoms with Gasteiger partial charge in [0, 0.05) is 24.9 Å². The minimum absolute atomic E-state index is 0.447. The van der Waals surface area contributed by atoms with Gasteiger partial charge in [0.2, 0.25) is 0 Å². The Kier molecular flexibility index (Phi) is 5.48. The molecule has 1 aliphatic rings. The highest BCUT2D eigenvalue weighted by Crippen LogP contribution is 2.44. The monoisotopic (exact) mass is 291 g/mol. The maximum atomic E-state index is 4.55. The first-order chi connectivity index (χ1) is 10.0. The molecule has 1 fully saturated rings. The molecule has 0 bridgehead atoms. The number of imidazole rings is 1. The molecule has 1 N–H and O–H groups in total. The average Bonchev–Trinajstić information content (AvgIpc) is 2.96. The zero-order valence-electron chi connectivity index (χ0n) is 14.5. The van der Waals surface area contributed by atoms with Crippen LogP contribution in [0, 0.1) is 11.3 Å². The van der Waals surface area contributed by atoms with E-state index in [-0.39, 0.29) is 0 Å². The fourth-order valence-corrected chi connectivity index (χ4v) is 3.87. The van der Waals surface area contributed by atoms with E-state index in [0.717, 1.165) is 18.9 Å². The molecule has 3 nitrogen and oxygen atoms in total. The predicted octanol–water partition coefficient (Wildman–Crippen LogP) is 4.20. The minimum atomic E-state index is 0.447. The zero-order valence-corrected chi connectivity index (χ0v) is 14.5. The summed E-state index contributed by atoms with van der Waals surface area (Å²) in [6, 6.07) is 1.16. The van der Waals surface area contributed by atoms with E-state index < -0.39 is 0 Å². The fraction of sp³-hybridized carbons (Fsp3) is 0.833. The first-order valence-corrected chi connectivity index (χ1v) is 8.78. The molecule has 0 aliphatic heterocycles. The van der Waals surface area contributed by atoms with Crippen molar-refractivity contribution < 1.29 is 0 Å². The molecule has 2 rings (SSSR count). The van der Waals surface area contributed by atoms with Crippen LogP contribution in [-0.4, -0.2) is 22.1 Å². The van der Waals surface area contributed by atoms with Gasteiger partial charge in [-0.15, -0.1) is 0 Å². The topological polar surface area (TPSA) is 29.9 Å². The molecule has 0 amide bonds. The van der Waals surface area contributed by atoms with Gasteiger partial charge in [0.25, 0.3) is 0 Å². The lowest BCUT2D eigenvalue weighted by atomic mass is 9.67. The first-order valence-electron chi connectivity index (χ1n) is 8.78. The maximum absolute atomic E-state index is 4.55. The second kappa shape index (κ2) is 6.95. The Labute approximate surface area is 130 Å². The molecule has 1 aromatic rings. The SMILES string of the molecule is CCNC1CCC(C(C)(C)CC)CC1n1ccnc1CC. The fourth-order valence-electron chi connectivity index (χ4n) is 3.87. The number of aromatic nitrogens is 2. The standard InChI is InChI=1S/C18H33N3/c1-6-17-20-11-12-21(17)16-13-14(18(4,5)7-2)9-10-15(16)19-8-3/h11-12,14-16,19H,6-10,13H2,1-5H3. The lowest BCUT2D eigenvalue weighted by Gasteiger charge is -2.44. The molecule has 21 heavy (non-hydrogen) atoms. The van der Waals surface area contributed by atoms with Crippen LogP contribution in [0.4, 0.5) is 0 Å². The van der Waals surface area contributed by atoms with Crippen LogP contribution < -0.4 is 5.32 Å². The van der Waals surface area contributed by atoms with Crippen molar-refractivity contribution in [3.63, 3.8) is 0 Å². The number of nitrogens with one attached hydrogen (secondary N) is 1. The molecule has 1 heterocycles. The lowest BCUT2D eigenvalue weighted by Crippen LogP contribution is -2.44. The Balaban J connectivity index is 2.23. The Bertz CT molecular complexity index is 435. The summed E-state index contributed by atoms with van der Waals surface area (Å²) in [5.74, 6) is 2.05. The largest absolute Gasteiger partial charge is 0.330 e. The molecule has 0 aromatic carbocycles. The Hall–Kier alpha value is -0.830. The number of aryl methyl sites for hydroxylation is 1. The van der Waals surface area contributed by atoms with Crippen molar-refractivity contribution in [3.8, 4) is 0 Å². The normalized spacial score (nSPS) is 27.0. The third kappa shape index (κ3) is 3.50. The van der Waals surface area contributed by atoms with E-state index in [2.05, 4.69) is 55.7 Å². The Morgan fingerprint density at radius 3 is 2.67 bits per heavy atom. The van der Waals surface area contributed by atoms with E-state index in [9.17, 15) is 0 Å². The molecular weight excluding hydrogens is 258 g/mol. The number of hydrogen-bond acceptors (Lipinski definition) is 2. The van der Waals surface area contributed by atoms with Crippen LogP contribution in [0.25, 0.3) is 0 Å². The smallest absolute Gasteiger partial charge is 0.108 e. The van der Waals surface area contributed by atoms with Gasteiger partial charge in [-0.25, -0.2) is 4.98 Å². The van der Waals surface area contributed by atoms with Crippen LogP contribution in [0.15, 0.2) is 12.4 Å². The second-order valence-corrected chi connectivity index (χ2v) is 7.19. The molecule has 1 aliphatic carbocycles. The summed E-state index contributed by atoms with van der Waals surface area (Å²) in [7, 11) is 0. The van der Waals surface area contributed by atoms with Crippen molar-refractivity contribution in [1.82, 2.24) is 14.9 Å². The van der Waals surface area contributed by atoms with Gasteiger partial charge in [-0.3, -0.25) is 0 Å². The van der Waals surface area contributed by atoms with E-state index in [1.54, 1.807) is 0 Å². The van der Waals surface area contributed by atoms with E-state index in [1.807, 2.05) is 6.20 Å². The van der Waals surface area contributed by atoms with Crippen molar-refractivity contribution in [2.75, 3.05) is 6.54 Å². The van der Waals surface area contributed by atoms with Crippen molar-refractivity contribution in [2.45, 2.75) is 78.8 Å². The highest BCUT2D eigenvalue weighted by molar-refractivity contribution is 5.01. The second-order valence-electron chi connectivity index (χ2n) is 7.19. The summed E-state index contributed by atoms with van der Waals surface area (Å²) < 4.78 is 2.45. The number of hydrogen-bond donors (Lipinski definition) is 1. The number of nitrogens with zero attached hydrogens (tertiary/aromatic N) is 2. The van der Waals surface area contributed by atoms with E-state index >= 15 is 0 Å².